The van der Waals surface area contributed by atoms with Crippen molar-refractivity contribution in [1.82, 2.24) is 24.7 Å². The van der Waals surface area contributed by atoms with Crippen LogP contribution < -0.4 is 15.0 Å². The summed E-state index contributed by atoms with van der Waals surface area (Å²) >= 11 is 6.18. The predicted molar refractivity (Wildman–Crippen MR) is 121 cm³/mol. The molecular formula is C22H23ClFN7O. The minimum absolute atomic E-state index is 0.135. The average Bonchev–Trinajstić information content (AvgIpc) is 3.25. The number of rotatable bonds is 6. The van der Waals surface area contributed by atoms with Gasteiger partial charge in [-0.3, -0.25) is 0 Å². The van der Waals surface area contributed by atoms with Crippen LogP contribution in [0.2, 0.25) is 5.02 Å². The maximum absolute atomic E-state index is 12.9. The molecule has 2 aromatic heterocycles. The summed E-state index contributed by atoms with van der Waals surface area (Å²) in [7, 11) is 0. The molecule has 1 aliphatic heterocycles. The van der Waals surface area contributed by atoms with Gasteiger partial charge in [0.25, 0.3) is 0 Å². The largest absolute Gasteiger partial charge is 0.423 e. The number of hydrogen-bond acceptors (Lipinski definition) is 7. The fraction of sp³-hybridized carbons (Fsp3) is 0.364. The Balaban J connectivity index is 1.33. The molecule has 0 spiro atoms. The molecule has 3 atom stereocenters. The smallest absolute Gasteiger partial charge is 0.326 e. The van der Waals surface area contributed by atoms with Crippen LogP contribution in [0.25, 0.3) is 6.20 Å². The molecule has 2 fully saturated rings. The molecule has 10 heteroatoms. The van der Waals surface area contributed by atoms with E-state index in [1.54, 1.807) is 30.6 Å². The lowest BCUT2D eigenvalue weighted by molar-refractivity contribution is 0.374. The lowest BCUT2D eigenvalue weighted by Gasteiger charge is -2.38. The minimum Gasteiger partial charge on any atom is -0.423 e. The van der Waals surface area contributed by atoms with E-state index in [1.807, 2.05) is 13.0 Å². The Hall–Kier alpha value is -3.20. The second kappa shape index (κ2) is 8.74. The second-order valence-electron chi connectivity index (χ2n) is 8.16. The molecular weight excluding hydrogens is 433 g/mol. The molecule has 1 unspecified atom stereocenters. The van der Waals surface area contributed by atoms with Gasteiger partial charge in [-0.1, -0.05) is 23.7 Å². The first kappa shape index (κ1) is 20.7. The van der Waals surface area contributed by atoms with Crippen LogP contribution in [0.5, 0.6) is 11.8 Å². The molecule has 1 saturated heterocycles. The van der Waals surface area contributed by atoms with E-state index >= 15 is 0 Å². The van der Waals surface area contributed by atoms with Crippen molar-refractivity contribution in [1.29, 1.82) is 0 Å². The van der Waals surface area contributed by atoms with Gasteiger partial charge in [-0.05, 0) is 43.7 Å². The van der Waals surface area contributed by atoms with Gasteiger partial charge in [-0.15, -0.1) is 5.10 Å². The van der Waals surface area contributed by atoms with Gasteiger partial charge in [0.1, 0.15) is 24.2 Å². The Morgan fingerprint density at radius 2 is 1.97 bits per heavy atom. The van der Waals surface area contributed by atoms with E-state index in [0.717, 1.165) is 43.6 Å². The topological polar surface area (TPSA) is 81.0 Å². The first-order chi connectivity index (χ1) is 15.6. The molecule has 0 radical (unpaired) electrons. The third kappa shape index (κ3) is 4.12. The monoisotopic (exact) mass is 455 g/mol. The summed E-state index contributed by atoms with van der Waals surface area (Å²) in [5.74, 6) is 2.66. The summed E-state index contributed by atoms with van der Waals surface area (Å²) in [5.41, 5.74) is 0.962. The van der Waals surface area contributed by atoms with Crippen LogP contribution in [0.3, 0.4) is 0 Å². The third-order valence-electron chi connectivity index (χ3n) is 6.08. The van der Waals surface area contributed by atoms with Crippen LogP contribution in [0.1, 0.15) is 18.5 Å². The lowest BCUT2D eigenvalue weighted by atomic mass is 9.92. The van der Waals surface area contributed by atoms with Crippen molar-refractivity contribution in [3.8, 4) is 11.8 Å². The molecule has 2 aliphatic rings. The Morgan fingerprint density at radius 3 is 2.69 bits per heavy atom. The molecule has 3 heterocycles. The van der Waals surface area contributed by atoms with Crippen LogP contribution in [-0.2, 0) is 0 Å². The summed E-state index contributed by atoms with van der Waals surface area (Å²) in [6.45, 7) is 3.78. The first-order valence-corrected chi connectivity index (χ1v) is 10.9. The van der Waals surface area contributed by atoms with E-state index in [0.29, 0.717) is 34.9 Å². The number of benzene rings is 1. The van der Waals surface area contributed by atoms with E-state index < -0.39 is 0 Å². The van der Waals surface area contributed by atoms with E-state index in [1.165, 1.54) is 4.68 Å². The molecule has 166 valence electrons. The van der Waals surface area contributed by atoms with Gasteiger partial charge in [0, 0.05) is 30.9 Å². The van der Waals surface area contributed by atoms with Crippen LogP contribution in [0.15, 0.2) is 43.0 Å². The van der Waals surface area contributed by atoms with E-state index in [4.69, 9.17) is 16.3 Å². The van der Waals surface area contributed by atoms with Gasteiger partial charge in [-0.25, -0.2) is 14.4 Å². The molecule has 1 aliphatic carbocycles. The standard InChI is InChI=1S/C22H23ClFN7O/c1-14-10-19(26-13-25-14)30-11-15-6-7-16(12-30)20(15)27-21-28-22(31(29-21)9-8-24)32-18-5-3-2-4-17(18)23/h2-5,8-10,13,15-16,20H,6-7,11-12H2,1H3,(H,27,29)/t15-,16+,20?. The van der Waals surface area contributed by atoms with Gasteiger partial charge < -0.3 is 15.0 Å². The third-order valence-corrected chi connectivity index (χ3v) is 6.39. The highest BCUT2D eigenvalue weighted by Crippen LogP contribution is 2.40. The van der Waals surface area contributed by atoms with Crippen molar-refractivity contribution in [3.63, 3.8) is 0 Å². The Morgan fingerprint density at radius 1 is 1.19 bits per heavy atom. The van der Waals surface area contributed by atoms with Crippen molar-refractivity contribution >= 4 is 29.6 Å². The predicted octanol–water partition coefficient (Wildman–Crippen LogP) is 4.55. The van der Waals surface area contributed by atoms with E-state index in [2.05, 4.69) is 30.3 Å². The van der Waals surface area contributed by atoms with Crippen molar-refractivity contribution in [2.45, 2.75) is 25.8 Å². The van der Waals surface area contributed by atoms with Gasteiger partial charge in [0.05, 0.1) is 11.2 Å². The average molecular weight is 456 g/mol. The fourth-order valence-electron chi connectivity index (χ4n) is 4.62. The zero-order chi connectivity index (χ0) is 22.1. The maximum Gasteiger partial charge on any atom is 0.326 e. The molecule has 3 aromatic rings. The highest BCUT2D eigenvalue weighted by Gasteiger charge is 2.43. The Kier molecular flexibility index (Phi) is 5.65. The van der Waals surface area contributed by atoms with Gasteiger partial charge in [0.15, 0.2) is 0 Å². The highest BCUT2D eigenvalue weighted by molar-refractivity contribution is 6.32. The number of aryl methyl sites for hydroxylation is 1. The van der Waals surface area contributed by atoms with Gasteiger partial charge >= 0.3 is 6.01 Å². The molecule has 1 saturated carbocycles. The number of ether oxygens (including phenoxy) is 1. The quantitative estimate of drug-likeness (QED) is 0.584. The minimum atomic E-state index is 0.135. The molecule has 1 N–H and O–H groups in total. The Labute approximate surface area is 190 Å². The normalized spacial score (nSPS) is 22.5. The van der Waals surface area contributed by atoms with Crippen LogP contribution in [0.4, 0.5) is 16.2 Å². The molecule has 2 bridgehead atoms. The van der Waals surface area contributed by atoms with Gasteiger partial charge in [0.2, 0.25) is 5.95 Å². The maximum atomic E-state index is 12.9. The van der Waals surface area contributed by atoms with Gasteiger partial charge in [-0.2, -0.15) is 9.67 Å². The van der Waals surface area contributed by atoms with Crippen molar-refractivity contribution in [3.05, 3.63) is 53.7 Å². The van der Waals surface area contributed by atoms with E-state index in [-0.39, 0.29) is 12.1 Å². The summed E-state index contributed by atoms with van der Waals surface area (Å²) in [5, 5.41) is 8.28. The first-order valence-electron chi connectivity index (χ1n) is 10.6. The SMILES string of the molecule is Cc1cc(N2C[C@H]3CC[C@@H](C2)C3Nc2nc(Oc3ccccc3Cl)n(C=CF)n2)ncn1. The number of nitrogens with zero attached hydrogens (tertiary/aromatic N) is 6. The summed E-state index contributed by atoms with van der Waals surface area (Å²) < 4.78 is 20.0. The summed E-state index contributed by atoms with van der Waals surface area (Å²) in [6.07, 6.45) is 5.41. The Bertz CT molecular complexity index is 1120. The lowest BCUT2D eigenvalue weighted by Crippen LogP contribution is -2.48. The van der Waals surface area contributed by atoms with Crippen LogP contribution in [-0.4, -0.2) is 43.9 Å². The zero-order valence-electron chi connectivity index (χ0n) is 17.5. The number of hydrogen-bond donors (Lipinski definition) is 1. The zero-order valence-corrected chi connectivity index (χ0v) is 18.3. The number of anilines is 2. The number of para-hydroxylation sites is 1. The number of piperidine rings is 1. The second-order valence-corrected chi connectivity index (χ2v) is 8.57. The van der Waals surface area contributed by atoms with Crippen molar-refractivity contribution < 1.29 is 9.13 Å². The fourth-order valence-corrected chi connectivity index (χ4v) is 4.80. The highest BCUT2D eigenvalue weighted by atomic mass is 35.5. The number of nitrogens with one attached hydrogen (secondary N) is 1. The molecule has 5 rings (SSSR count). The summed E-state index contributed by atoms with van der Waals surface area (Å²) in [4.78, 5) is 15.4. The molecule has 8 nitrogen and oxygen atoms in total. The molecule has 0 amide bonds. The number of aromatic nitrogens is 5. The molecule has 32 heavy (non-hydrogen) atoms. The van der Waals surface area contributed by atoms with Crippen LogP contribution in [0, 0.1) is 18.8 Å². The van der Waals surface area contributed by atoms with Crippen molar-refractivity contribution in [2.75, 3.05) is 23.3 Å². The number of fused-ring (bicyclic) bond motifs is 2. The van der Waals surface area contributed by atoms with E-state index in [9.17, 15) is 4.39 Å². The van der Waals surface area contributed by atoms with Crippen molar-refractivity contribution in [2.24, 2.45) is 11.8 Å². The van der Waals surface area contributed by atoms with Crippen LogP contribution >= 0.6 is 11.6 Å². The molecule has 1 aromatic carbocycles. The summed E-state index contributed by atoms with van der Waals surface area (Å²) in [6, 6.07) is 9.43. The number of halogens is 2.